The van der Waals surface area contributed by atoms with Gasteiger partial charge in [-0.1, -0.05) is 28.1 Å². The van der Waals surface area contributed by atoms with Gasteiger partial charge in [0, 0.05) is 22.1 Å². The predicted octanol–water partition coefficient (Wildman–Crippen LogP) is 4.51. The Morgan fingerprint density at radius 1 is 1.19 bits per heavy atom. The van der Waals surface area contributed by atoms with Gasteiger partial charge in [0.05, 0.1) is 0 Å². The molecule has 5 heteroatoms. The molecule has 1 aromatic heterocycles. The van der Waals surface area contributed by atoms with Gasteiger partial charge >= 0.3 is 5.97 Å². The Morgan fingerprint density at radius 3 is 2.81 bits per heavy atom. The average Bonchev–Trinajstić information content (AvgIpc) is 2.88. The fourth-order valence-corrected chi connectivity index (χ4v) is 2.51. The van der Waals surface area contributed by atoms with Gasteiger partial charge in [-0.25, -0.2) is 4.79 Å². The highest BCUT2D eigenvalue weighted by molar-refractivity contribution is 9.10. The lowest BCUT2D eigenvalue weighted by Gasteiger charge is -2.06. The van der Waals surface area contributed by atoms with Crippen LogP contribution in [0.2, 0.25) is 0 Å². The molecule has 0 saturated heterocycles. The van der Waals surface area contributed by atoms with E-state index < -0.39 is 5.97 Å². The first-order chi connectivity index (χ1) is 10.1. The second-order valence-electron chi connectivity index (χ2n) is 4.65. The molecule has 3 rings (SSSR count). The fourth-order valence-electron chi connectivity index (χ4n) is 2.11. The first-order valence-corrected chi connectivity index (χ1v) is 7.16. The Bertz CT molecular complexity index is 810. The second kappa shape index (κ2) is 5.61. The van der Waals surface area contributed by atoms with E-state index in [1.54, 1.807) is 12.1 Å². The third-order valence-electron chi connectivity index (χ3n) is 3.11. The largest absolute Gasteiger partial charge is 0.475 e. The highest BCUT2D eigenvalue weighted by atomic mass is 79.9. The summed E-state index contributed by atoms with van der Waals surface area (Å²) >= 11 is 3.43. The number of fused-ring (bicyclic) bond motifs is 1. The van der Waals surface area contributed by atoms with Crippen molar-refractivity contribution in [2.75, 3.05) is 5.32 Å². The van der Waals surface area contributed by atoms with E-state index in [1.807, 2.05) is 36.4 Å². The lowest BCUT2D eigenvalue weighted by atomic mass is 10.1. The van der Waals surface area contributed by atoms with Gasteiger partial charge < -0.3 is 14.8 Å². The Labute approximate surface area is 129 Å². The van der Waals surface area contributed by atoms with Gasteiger partial charge in [0.25, 0.3) is 0 Å². The van der Waals surface area contributed by atoms with Crippen molar-refractivity contribution in [1.82, 2.24) is 0 Å². The first-order valence-electron chi connectivity index (χ1n) is 6.37. The van der Waals surface area contributed by atoms with Gasteiger partial charge in [-0.3, -0.25) is 0 Å². The van der Waals surface area contributed by atoms with E-state index in [0.717, 1.165) is 21.1 Å². The number of carbonyl (C=O) groups is 1. The first kappa shape index (κ1) is 13.7. The SMILES string of the molecule is O=C(O)c1cc2cc(CNc3cccc(Br)c3)ccc2o1. The maximum atomic E-state index is 10.9. The minimum absolute atomic E-state index is 0.0397. The summed E-state index contributed by atoms with van der Waals surface area (Å²) in [5.41, 5.74) is 2.65. The van der Waals surface area contributed by atoms with E-state index >= 15 is 0 Å². The molecule has 0 bridgehead atoms. The molecule has 3 aromatic rings. The molecular formula is C16H12BrNO3. The summed E-state index contributed by atoms with van der Waals surface area (Å²) in [6.07, 6.45) is 0. The van der Waals surface area contributed by atoms with Crippen molar-refractivity contribution in [3.8, 4) is 0 Å². The lowest BCUT2D eigenvalue weighted by Crippen LogP contribution is -1.98. The van der Waals surface area contributed by atoms with Crippen molar-refractivity contribution in [3.05, 3.63) is 64.3 Å². The Kier molecular flexibility index (Phi) is 3.66. The van der Waals surface area contributed by atoms with E-state index in [4.69, 9.17) is 9.52 Å². The summed E-state index contributed by atoms with van der Waals surface area (Å²) < 4.78 is 6.25. The number of halogens is 1. The highest BCUT2D eigenvalue weighted by Gasteiger charge is 2.10. The summed E-state index contributed by atoms with van der Waals surface area (Å²) in [7, 11) is 0. The van der Waals surface area contributed by atoms with Crippen LogP contribution in [-0.2, 0) is 6.54 Å². The molecule has 0 aliphatic heterocycles. The Hall–Kier alpha value is -2.27. The standard InChI is InChI=1S/C16H12BrNO3/c17-12-2-1-3-13(8-12)18-9-10-4-5-14-11(6-10)7-15(21-14)16(19)20/h1-8,18H,9H2,(H,19,20). The number of furan rings is 1. The molecule has 0 aliphatic rings. The lowest BCUT2D eigenvalue weighted by molar-refractivity contribution is 0.0665. The zero-order valence-corrected chi connectivity index (χ0v) is 12.6. The number of carboxylic acid groups (broad SMARTS) is 1. The third-order valence-corrected chi connectivity index (χ3v) is 3.61. The number of nitrogens with one attached hydrogen (secondary N) is 1. The summed E-state index contributed by atoms with van der Waals surface area (Å²) in [5, 5.41) is 13.0. The number of benzene rings is 2. The van der Waals surface area contributed by atoms with Crippen LogP contribution in [0.15, 0.2) is 57.4 Å². The molecule has 0 unspecified atom stereocenters. The quantitative estimate of drug-likeness (QED) is 0.730. The maximum absolute atomic E-state index is 10.9. The predicted molar refractivity (Wildman–Crippen MR) is 84.6 cm³/mol. The second-order valence-corrected chi connectivity index (χ2v) is 5.57. The molecule has 106 valence electrons. The molecule has 0 spiro atoms. The molecule has 1 heterocycles. The zero-order chi connectivity index (χ0) is 14.8. The van der Waals surface area contributed by atoms with Gasteiger partial charge in [0.2, 0.25) is 5.76 Å². The molecule has 0 amide bonds. The maximum Gasteiger partial charge on any atom is 0.371 e. The number of hydrogen-bond donors (Lipinski definition) is 2. The van der Waals surface area contributed by atoms with Gasteiger partial charge in [0.1, 0.15) is 5.58 Å². The van der Waals surface area contributed by atoms with Crippen molar-refractivity contribution in [3.63, 3.8) is 0 Å². The monoisotopic (exact) mass is 345 g/mol. The van der Waals surface area contributed by atoms with Gasteiger partial charge in [0.15, 0.2) is 0 Å². The molecule has 4 nitrogen and oxygen atoms in total. The third kappa shape index (κ3) is 3.08. The summed E-state index contributed by atoms with van der Waals surface area (Å²) in [5.74, 6) is -1.10. The van der Waals surface area contributed by atoms with E-state index in [2.05, 4.69) is 21.2 Å². The van der Waals surface area contributed by atoms with Crippen LogP contribution in [0, 0.1) is 0 Å². The van der Waals surface area contributed by atoms with Crippen LogP contribution in [0.25, 0.3) is 11.0 Å². The van der Waals surface area contributed by atoms with Gasteiger partial charge in [-0.05, 0) is 42.0 Å². The molecule has 2 aromatic carbocycles. The van der Waals surface area contributed by atoms with E-state index in [-0.39, 0.29) is 5.76 Å². The zero-order valence-electron chi connectivity index (χ0n) is 11.0. The molecule has 0 aliphatic carbocycles. The van der Waals surface area contributed by atoms with E-state index in [1.165, 1.54) is 0 Å². The van der Waals surface area contributed by atoms with Crippen LogP contribution >= 0.6 is 15.9 Å². The molecule has 21 heavy (non-hydrogen) atoms. The molecule has 2 N–H and O–H groups in total. The van der Waals surface area contributed by atoms with Crippen LogP contribution in [0.3, 0.4) is 0 Å². The number of aromatic carboxylic acids is 1. The number of anilines is 1. The minimum atomic E-state index is -1.06. The summed E-state index contributed by atoms with van der Waals surface area (Å²) in [6, 6.07) is 15.1. The normalized spacial score (nSPS) is 10.7. The Morgan fingerprint density at radius 2 is 2.05 bits per heavy atom. The van der Waals surface area contributed by atoms with Gasteiger partial charge in [-0.15, -0.1) is 0 Å². The summed E-state index contributed by atoms with van der Waals surface area (Å²) in [6.45, 7) is 0.653. The summed E-state index contributed by atoms with van der Waals surface area (Å²) in [4.78, 5) is 10.9. The van der Waals surface area contributed by atoms with Gasteiger partial charge in [-0.2, -0.15) is 0 Å². The average molecular weight is 346 g/mol. The van der Waals surface area contributed by atoms with Crippen molar-refractivity contribution >= 4 is 38.6 Å². The van der Waals surface area contributed by atoms with Crippen LogP contribution in [0.1, 0.15) is 16.1 Å². The molecule has 0 radical (unpaired) electrons. The highest BCUT2D eigenvalue weighted by Crippen LogP contribution is 2.22. The fraction of sp³-hybridized carbons (Fsp3) is 0.0625. The van der Waals surface area contributed by atoms with Crippen LogP contribution in [0.5, 0.6) is 0 Å². The van der Waals surface area contributed by atoms with E-state index in [9.17, 15) is 4.79 Å². The van der Waals surface area contributed by atoms with Crippen molar-refractivity contribution in [2.45, 2.75) is 6.54 Å². The van der Waals surface area contributed by atoms with Crippen LogP contribution < -0.4 is 5.32 Å². The van der Waals surface area contributed by atoms with E-state index in [0.29, 0.717) is 12.1 Å². The van der Waals surface area contributed by atoms with Crippen molar-refractivity contribution in [2.24, 2.45) is 0 Å². The van der Waals surface area contributed by atoms with Crippen molar-refractivity contribution < 1.29 is 14.3 Å². The van der Waals surface area contributed by atoms with Crippen LogP contribution in [0.4, 0.5) is 5.69 Å². The molecule has 0 atom stereocenters. The molecule has 0 saturated carbocycles. The molecular weight excluding hydrogens is 334 g/mol. The Balaban J connectivity index is 1.79. The molecule has 0 fully saturated rings. The van der Waals surface area contributed by atoms with Crippen LogP contribution in [-0.4, -0.2) is 11.1 Å². The number of rotatable bonds is 4. The minimum Gasteiger partial charge on any atom is -0.475 e. The number of carboxylic acids is 1. The topological polar surface area (TPSA) is 62.5 Å². The number of hydrogen-bond acceptors (Lipinski definition) is 3. The smallest absolute Gasteiger partial charge is 0.371 e. The van der Waals surface area contributed by atoms with Crippen molar-refractivity contribution in [1.29, 1.82) is 0 Å².